The highest BCUT2D eigenvalue weighted by Gasteiger charge is 2.09. The lowest BCUT2D eigenvalue weighted by Crippen LogP contribution is -1.84. The van der Waals surface area contributed by atoms with Gasteiger partial charge in [0.25, 0.3) is 0 Å². The van der Waals surface area contributed by atoms with Crippen LogP contribution < -0.4 is 0 Å². The van der Waals surface area contributed by atoms with E-state index in [0.29, 0.717) is 5.57 Å². The molecule has 0 unspecified atom stereocenters. The summed E-state index contributed by atoms with van der Waals surface area (Å²) in [6, 6.07) is 34.5. The van der Waals surface area contributed by atoms with E-state index in [1.54, 1.807) is 6.92 Å². The summed E-state index contributed by atoms with van der Waals surface area (Å²) in [5.74, 6) is 0. The van der Waals surface area contributed by atoms with E-state index in [0.717, 1.165) is 16.7 Å². The highest BCUT2D eigenvalue weighted by atomic mass is 32.1. The molecule has 0 saturated heterocycles. The summed E-state index contributed by atoms with van der Waals surface area (Å²) in [6.07, 6.45) is 1.83. The van der Waals surface area contributed by atoms with Crippen molar-refractivity contribution >= 4 is 37.1 Å². The van der Waals surface area contributed by atoms with Crippen molar-refractivity contribution in [1.82, 2.24) is 0 Å². The molecule has 1 aromatic heterocycles. The van der Waals surface area contributed by atoms with Crippen LogP contribution in [-0.2, 0) is 0 Å². The first kappa shape index (κ1) is 20.0. The Labute approximate surface area is 192 Å². The minimum Gasteiger partial charge on any atom is -0.193 e. The van der Waals surface area contributed by atoms with E-state index in [2.05, 4.69) is 85.4 Å². The lowest BCUT2D eigenvalue weighted by molar-refractivity contribution is 1.44. The number of nitriles is 1. The van der Waals surface area contributed by atoms with E-state index in [4.69, 9.17) is 5.26 Å². The molecule has 152 valence electrons. The van der Waals surface area contributed by atoms with Gasteiger partial charge in [-0.25, -0.2) is 0 Å². The van der Waals surface area contributed by atoms with Gasteiger partial charge >= 0.3 is 0 Å². The fourth-order valence-corrected chi connectivity index (χ4v) is 5.23. The number of nitrogens with zero attached hydrogens (tertiary/aromatic N) is 1. The van der Waals surface area contributed by atoms with Gasteiger partial charge in [0.15, 0.2) is 0 Å². The van der Waals surface area contributed by atoms with E-state index >= 15 is 0 Å². The van der Waals surface area contributed by atoms with E-state index in [1.807, 2.05) is 35.6 Å². The third-order valence-corrected chi connectivity index (χ3v) is 6.83. The SMILES string of the molecule is C=C(/C=C(\C)C#N)c1cccc(-c2ccc3c(c2)sc2cc(-c4ccccc4)ccc23)c1. The van der Waals surface area contributed by atoms with Crippen LogP contribution in [0.5, 0.6) is 0 Å². The zero-order valence-corrected chi connectivity index (χ0v) is 18.6. The first-order chi connectivity index (χ1) is 15.6. The number of hydrogen-bond acceptors (Lipinski definition) is 2. The molecule has 5 aromatic rings. The Balaban J connectivity index is 1.55. The van der Waals surface area contributed by atoms with Gasteiger partial charge in [-0.2, -0.15) is 5.26 Å². The van der Waals surface area contributed by atoms with E-state index < -0.39 is 0 Å². The molecule has 32 heavy (non-hydrogen) atoms. The summed E-state index contributed by atoms with van der Waals surface area (Å²) in [5, 5.41) is 11.6. The summed E-state index contributed by atoms with van der Waals surface area (Å²) in [6.45, 7) is 5.93. The maximum absolute atomic E-state index is 9.05. The number of allylic oxidation sites excluding steroid dienone is 3. The predicted molar refractivity (Wildman–Crippen MR) is 139 cm³/mol. The number of hydrogen-bond donors (Lipinski definition) is 0. The van der Waals surface area contributed by atoms with Crippen LogP contribution in [0.15, 0.2) is 109 Å². The molecule has 4 aromatic carbocycles. The lowest BCUT2D eigenvalue weighted by Gasteiger charge is -2.06. The number of fused-ring (bicyclic) bond motifs is 3. The van der Waals surface area contributed by atoms with E-state index in [1.165, 1.54) is 36.9 Å². The Morgan fingerprint density at radius 1 is 0.750 bits per heavy atom. The first-order valence-corrected chi connectivity index (χ1v) is 11.3. The average Bonchev–Trinajstić information content (AvgIpc) is 3.21. The molecule has 0 aliphatic carbocycles. The molecule has 2 heteroatoms. The molecule has 0 spiro atoms. The van der Waals surface area contributed by atoms with E-state index in [9.17, 15) is 0 Å². The van der Waals surface area contributed by atoms with Gasteiger partial charge in [0.1, 0.15) is 0 Å². The Bertz CT molecular complexity index is 1540. The van der Waals surface area contributed by atoms with Gasteiger partial charge in [0.2, 0.25) is 0 Å². The molecule has 0 bridgehead atoms. The molecule has 0 aliphatic heterocycles. The summed E-state index contributed by atoms with van der Waals surface area (Å²) in [7, 11) is 0. The minimum absolute atomic E-state index is 0.655. The van der Waals surface area contributed by atoms with Gasteiger partial charge in [-0.05, 0) is 64.6 Å². The summed E-state index contributed by atoms with van der Waals surface area (Å²) in [5.41, 5.74) is 7.35. The molecule has 0 amide bonds. The van der Waals surface area contributed by atoms with Gasteiger partial charge in [-0.15, -0.1) is 11.3 Å². The van der Waals surface area contributed by atoms with Gasteiger partial charge in [-0.3, -0.25) is 0 Å². The molecule has 1 nitrogen and oxygen atoms in total. The van der Waals surface area contributed by atoms with Crippen molar-refractivity contribution in [2.75, 3.05) is 0 Å². The number of thiophene rings is 1. The molecule has 0 fully saturated rings. The van der Waals surface area contributed by atoms with Gasteiger partial charge in [0.05, 0.1) is 6.07 Å². The van der Waals surface area contributed by atoms with Crippen LogP contribution in [0.4, 0.5) is 0 Å². The average molecular weight is 428 g/mol. The van der Waals surface area contributed by atoms with E-state index in [-0.39, 0.29) is 0 Å². The number of rotatable bonds is 4. The maximum Gasteiger partial charge on any atom is 0.0944 e. The first-order valence-electron chi connectivity index (χ1n) is 10.5. The van der Waals surface area contributed by atoms with Crippen molar-refractivity contribution in [3.05, 3.63) is 115 Å². The Kier molecular flexibility index (Phi) is 5.19. The van der Waals surface area contributed by atoms with Crippen LogP contribution in [0.1, 0.15) is 12.5 Å². The lowest BCUT2D eigenvalue weighted by atomic mass is 9.98. The zero-order valence-electron chi connectivity index (χ0n) is 17.8. The smallest absolute Gasteiger partial charge is 0.0944 e. The van der Waals surface area contributed by atoms with Crippen LogP contribution in [-0.4, -0.2) is 0 Å². The van der Waals surface area contributed by atoms with Crippen molar-refractivity contribution < 1.29 is 0 Å². The predicted octanol–water partition coefficient (Wildman–Crippen LogP) is 8.87. The fraction of sp³-hybridized carbons (Fsp3) is 0.0333. The molecule has 0 aliphatic rings. The van der Waals surface area contributed by atoms with Crippen molar-refractivity contribution in [2.24, 2.45) is 0 Å². The summed E-state index contributed by atoms with van der Waals surface area (Å²) >= 11 is 1.84. The van der Waals surface area contributed by atoms with Crippen LogP contribution >= 0.6 is 11.3 Å². The standard InChI is InChI=1S/C30H21NS/c1-20(19-31)15-21(2)23-9-6-10-24(16-23)26-12-14-28-27-13-11-25(22-7-4-3-5-8-22)17-29(27)32-30(28)18-26/h3-18H,2H2,1H3/b20-15+. The molecule has 0 atom stereocenters. The highest BCUT2D eigenvalue weighted by molar-refractivity contribution is 7.25. The molecular formula is C30H21NS. The van der Waals surface area contributed by atoms with Crippen molar-refractivity contribution in [3.63, 3.8) is 0 Å². The molecular weight excluding hydrogens is 406 g/mol. The largest absolute Gasteiger partial charge is 0.193 e. The second-order valence-corrected chi connectivity index (χ2v) is 9.02. The Morgan fingerprint density at radius 2 is 1.34 bits per heavy atom. The van der Waals surface area contributed by atoms with Gasteiger partial charge in [-0.1, -0.05) is 79.4 Å². The van der Waals surface area contributed by atoms with Crippen LogP contribution in [0.2, 0.25) is 0 Å². The van der Waals surface area contributed by atoms with Crippen LogP contribution in [0.25, 0.3) is 48.0 Å². The minimum atomic E-state index is 0.655. The summed E-state index contributed by atoms with van der Waals surface area (Å²) in [4.78, 5) is 0. The van der Waals surface area contributed by atoms with Gasteiger partial charge in [0, 0.05) is 25.7 Å². The van der Waals surface area contributed by atoms with Crippen molar-refractivity contribution in [2.45, 2.75) is 6.92 Å². The normalized spacial score (nSPS) is 11.6. The second kappa shape index (κ2) is 8.30. The molecule has 1 heterocycles. The monoisotopic (exact) mass is 427 g/mol. The zero-order chi connectivity index (χ0) is 22.1. The summed E-state index contributed by atoms with van der Waals surface area (Å²) < 4.78 is 2.59. The third kappa shape index (κ3) is 3.75. The molecule has 0 N–H and O–H groups in total. The highest BCUT2D eigenvalue weighted by Crippen LogP contribution is 2.38. The van der Waals surface area contributed by atoms with Gasteiger partial charge < -0.3 is 0 Å². The van der Waals surface area contributed by atoms with Crippen LogP contribution in [0.3, 0.4) is 0 Å². The molecule has 0 radical (unpaired) electrons. The van der Waals surface area contributed by atoms with Crippen LogP contribution in [0, 0.1) is 11.3 Å². The third-order valence-electron chi connectivity index (χ3n) is 5.71. The number of benzene rings is 4. The van der Waals surface area contributed by atoms with Crippen molar-refractivity contribution in [3.8, 4) is 28.3 Å². The second-order valence-electron chi connectivity index (χ2n) is 7.94. The van der Waals surface area contributed by atoms with Crippen molar-refractivity contribution in [1.29, 1.82) is 5.26 Å². The molecule has 5 rings (SSSR count). The topological polar surface area (TPSA) is 23.8 Å². The quantitative estimate of drug-likeness (QED) is 0.207. The fourth-order valence-electron chi connectivity index (χ4n) is 4.04. The maximum atomic E-state index is 9.05. The Morgan fingerprint density at radius 3 is 2.00 bits per heavy atom. The molecule has 0 saturated carbocycles. The Hall–Kier alpha value is -3.93.